The summed E-state index contributed by atoms with van der Waals surface area (Å²) in [7, 11) is -1.72. The lowest BCUT2D eigenvalue weighted by Gasteiger charge is -2.41. The smallest absolute Gasteiger partial charge is 0.408 e. The number of ether oxygens (including phenoxy) is 1. The molecule has 21 nitrogen and oxygen atoms in total. The van der Waals surface area contributed by atoms with Crippen LogP contribution in [0.1, 0.15) is 108 Å². The zero-order chi connectivity index (χ0) is 55.3. The van der Waals surface area contributed by atoms with Crippen molar-refractivity contribution < 1.29 is 56.6 Å². The largest absolute Gasteiger partial charge is 0.465 e. The Bertz CT molecular complexity index is 2390. The minimum atomic E-state index is -4.51. The van der Waals surface area contributed by atoms with Gasteiger partial charge in [0.25, 0.3) is 15.9 Å². The molecule has 0 aliphatic heterocycles. The molecule has 0 aliphatic rings. The third-order valence-electron chi connectivity index (χ3n) is 11.7. The number of likely N-dealkylation sites (N-methyl/N-ethyl adjacent to an activating group) is 2. The number of nitrogens with two attached hydrogens (primary N) is 1. The van der Waals surface area contributed by atoms with Gasteiger partial charge in [-0.2, -0.15) is 0 Å². The van der Waals surface area contributed by atoms with E-state index in [1.165, 1.54) is 44.1 Å². The number of rotatable bonds is 22. The van der Waals surface area contributed by atoms with Crippen molar-refractivity contribution in [1.82, 2.24) is 35.8 Å². The predicted molar refractivity (Wildman–Crippen MR) is 273 cm³/mol. The highest BCUT2D eigenvalue weighted by Crippen LogP contribution is 2.32. The van der Waals surface area contributed by atoms with Crippen molar-refractivity contribution >= 4 is 63.5 Å². The number of anilines is 1. The molecule has 9 N–H and O–H groups in total. The summed E-state index contributed by atoms with van der Waals surface area (Å²) >= 11 is 0. The Hall–Kier alpha value is -6.71. The fourth-order valence-electron chi connectivity index (χ4n) is 7.65. The average Bonchev–Trinajstić information content (AvgIpc) is 3.25. The predicted octanol–water partition coefficient (Wildman–Crippen LogP) is 4.83. The van der Waals surface area contributed by atoms with Crippen molar-refractivity contribution in [2.45, 2.75) is 149 Å². The van der Waals surface area contributed by atoms with Gasteiger partial charge >= 0.3 is 18.2 Å². The number of hydrogen-bond acceptors (Lipinski definition) is 11. The summed E-state index contributed by atoms with van der Waals surface area (Å²) in [6.45, 7) is 22.2. The van der Waals surface area contributed by atoms with Crippen molar-refractivity contribution in [1.29, 1.82) is 0 Å². The first-order valence-electron chi connectivity index (χ1n) is 23.6. The molecule has 0 heterocycles. The lowest BCUT2D eigenvalue weighted by atomic mass is 9.76. The van der Waals surface area contributed by atoms with E-state index in [1.807, 2.05) is 4.72 Å². The molecule has 400 valence electrons. The van der Waals surface area contributed by atoms with Crippen LogP contribution < -0.4 is 37.0 Å². The van der Waals surface area contributed by atoms with E-state index >= 15 is 0 Å². The Labute approximate surface area is 424 Å². The number of nitrogens with zero attached hydrogens (tertiary/aromatic N) is 2. The van der Waals surface area contributed by atoms with Gasteiger partial charge in [-0.15, -0.1) is 0 Å². The Morgan fingerprint density at radius 2 is 1.33 bits per heavy atom. The molecule has 2 aromatic carbocycles. The van der Waals surface area contributed by atoms with Crippen LogP contribution in [0.15, 0.2) is 71.1 Å². The molecule has 22 heteroatoms. The van der Waals surface area contributed by atoms with E-state index in [0.29, 0.717) is 5.56 Å². The van der Waals surface area contributed by atoms with Crippen molar-refractivity contribution in [2.75, 3.05) is 26.0 Å². The van der Waals surface area contributed by atoms with E-state index in [2.05, 4.69) is 26.6 Å². The van der Waals surface area contributed by atoms with Crippen molar-refractivity contribution in [3.63, 3.8) is 0 Å². The van der Waals surface area contributed by atoms with E-state index in [4.69, 9.17) is 10.5 Å². The quantitative estimate of drug-likeness (QED) is 0.0581. The molecule has 0 radical (unpaired) electrons. The fraction of sp³-hybridized carbons (Fsp3) is 0.560. The number of sulfonamides is 1. The van der Waals surface area contributed by atoms with Gasteiger partial charge in [0, 0.05) is 37.3 Å². The summed E-state index contributed by atoms with van der Waals surface area (Å²) in [5.74, 6) is -4.37. The van der Waals surface area contributed by atoms with E-state index in [9.17, 15) is 51.9 Å². The number of carbonyl (C=O) groups is 8. The van der Waals surface area contributed by atoms with Gasteiger partial charge in [0.05, 0.1) is 10.9 Å². The molecule has 0 fully saturated rings. The number of benzene rings is 2. The lowest BCUT2D eigenvalue weighted by Crippen LogP contribution is -2.62. The van der Waals surface area contributed by atoms with Crippen LogP contribution in [0.25, 0.3) is 0 Å². The van der Waals surface area contributed by atoms with Gasteiger partial charge in [-0.1, -0.05) is 98.7 Å². The first-order chi connectivity index (χ1) is 33.0. The molecule has 0 aliphatic carbocycles. The SMILES string of the molecule is C/C(=C\[C@H](C(C)C)N(C)C(=O)[C@@H](NC(=O)[C@@H](N(C)C(=O)O)C(C)(C)c1ccccc1)C(C)(C)C)C(=O)NS(=O)(=O)c1ccc(NC(=O)[C@@H](CCCNC(N)=O)NC(=O)[C@H](NC(=O)OC(C)(C)C)C(C)C)cc1. The summed E-state index contributed by atoms with van der Waals surface area (Å²) in [6, 6.07) is 7.50. The Kier molecular flexibility index (Phi) is 21.8. The van der Waals surface area contributed by atoms with Gasteiger partial charge in [0.1, 0.15) is 29.8 Å². The van der Waals surface area contributed by atoms with Crippen LogP contribution in [0.3, 0.4) is 0 Å². The minimum absolute atomic E-state index is 0.0241. The number of amides is 9. The van der Waals surface area contributed by atoms with Crippen LogP contribution >= 0.6 is 0 Å². The van der Waals surface area contributed by atoms with Crippen molar-refractivity contribution in [3.8, 4) is 0 Å². The normalized spacial score (nSPS) is 14.4. The molecule has 72 heavy (non-hydrogen) atoms. The zero-order valence-corrected chi connectivity index (χ0v) is 45.1. The Balaban J connectivity index is 2.33. The highest BCUT2D eigenvalue weighted by molar-refractivity contribution is 7.90. The molecular formula is C50H77N9O12S. The van der Waals surface area contributed by atoms with Crippen LogP contribution in [-0.4, -0.2) is 128 Å². The number of carbonyl (C=O) groups excluding carboxylic acids is 7. The van der Waals surface area contributed by atoms with Crippen LogP contribution in [0.4, 0.5) is 20.1 Å². The first kappa shape index (κ1) is 61.4. The summed E-state index contributed by atoms with van der Waals surface area (Å²) in [6.07, 6.45) is -0.500. The van der Waals surface area contributed by atoms with Crippen molar-refractivity contribution in [3.05, 3.63) is 71.8 Å². The molecule has 2 aromatic rings. The second kappa shape index (κ2) is 25.6. The third kappa shape index (κ3) is 18.2. The zero-order valence-electron chi connectivity index (χ0n) is 44.3. The molecule has 9 amide bonds. The van der Waals surface area contributed by atoms with E-state index < -0.39 is 110 Å². The summed E-state index contributed by atoms with van der Waals surface area (Å²) in [5.41, 5.74) is 3.17. The van der Waals surface area contributed by atoms with Gasteiger partial charge < -0.3 is 47.1 Å². The molecule has 0 unspecified atom stereocenters. The fourth-order valence-corrected chi connectivity index (χ4v) is 8.67. The van der Waals surface area contributed by atoms with E-state index in [0.717, 1.165) is 17.0 Å². The monoisotopic (exact) mass is 1030 g/mol. The molecule has 0 bridgehead atoms. The maximum atomic E-state index is 14.4. The number of nitrogens with one attached hydrogen (secondary N) is 6. The highest BCUT2D eigenvalue weighted by atomic mass is 32.2. The number of primary amides is 1. The van der Waals surface area contributed by atoms with Gasteiger partial charge in [0.2, 0.25) is 23.6 Å². The van der Waals surface area contributed by atoms with Crippen LogP contribution in [0, 0.1) is 17.3 Å². The molecular weight excluding hydrogens is 951 g/mol. The molecule has 5 atom stereocenters. The molecule has 2 rings (SSSR count). The van der Waals surface area contributed by atoms with E-state index in [1.54, 1.807) is 113 Å². The van der Waals surface area contributed by atoms with Gasteiger partial charge in [-0.05, 0) is 87.6 Å². The third-order valence-corrected chi connectivity index (χ3v) is 13.0. The second-order valence-corrected chi connectivity index (χ2v) is 22.7. The molecule has 0 aromatic heterocycles. The number of alkyl carbamates (subject to hydrolysis) is 1. The van der Waals surface area contributed by atoms with Gasteiger partial charge in [-0.25, -0.2) is 27.5 Å². The molecule has 0 saturated carbocycles. The highest BCUT2D eigenvalue weighted by Gasteiger charge is 2.45. The molecule has 0 spiro atoms. The standard InChI is InChI=1S/C50H77N9O12S/c1-29(2)36(58(14)44(64)38(48(6,7)8)56-43(63)39(59(15)47(67)68)50(12,13)32-20-17-16-18-21-32)28-31(5)40(60)57-72(69,70)34-25-23-33(24-26-34)53-41(61)35(22-19-27-52-45(51)65)54-42(62)37(30(3)4)55-46(66)71-49(9,10)11/h16-18,20-21,23-26,28-30,35-39H,19,22,27H2,1-15H3,(H,53,61)(H,54,62)(H,55,66)(H,56,63)(H,57,60)(H,67,68)(H3,51,52,65)/b31-28+/t35-,36-,37-,38-,39-/m1/s1. The maximum absolute atomic E-state index is 14.4. The molecule has 0 saturated heterocycles. The minimum Gasteiger partial charge on any atom is -0.465 e. The first-order valence-corrected chi connectivity index (χ1v) is 25.1. The summed E-state index contributed by atoms with van der Waals surface area (Å²) in [5, 5.41) is 23.1. The summed E-state index contributed by atoms with van der Waals surface area (Å²) < 4.78 is 34.4. The lowest BCUT2D eigenvalue weighted by molar-refractivity contribution is -0.141. The van der Waals surface area contributed by atoms with Gasteiger partial charge in [0.15, 0.2) is 0 Å². The van der Waals surface area contributed by atoms with Crippen molar-refractivity contribution in [2.24, 2.45) is 23.0 Å². The second-order valence-electron chi connectivity index (χ2n) is 21.0. The summed E-state index contributed by atoms with van der Waals surface area (Å²) in [4.78, 5) is 107. The number of hydrogen-bond donors (Lipinski definition) is 8. The number of urea groups is 1. The topological polar surface area (TPSA) is 305 Å². The van der Waals surface area contributed by atoms with Crippen LogP contribution in [0.2, 0.25) is 0 Å². The maximum Gasteiger partial charge on any atom is 0.408 e. The Morgan fingerprint density at radius 3 is 1.82 bits per heavy atom. The number of carboxylic acid groups (broad SMARTS) is 1. The van der Waals surface area contributed by atoms with Crippen LogP contribution in [0.5, 0.6) is 0 Å². The average molecular weight is 1030 g/mol. The Morgan fingerprint density at radius 1 is 0.764 bits per heavy atom. The van der Waals surface area contributed by atoms with Gasteiger partial charge in [-0.3, -0.25) is 28.9 Å². The van der Waals surface area contributed by atoms with E-state index in [-0.39, 0.29) is 41.5 Å². The van der Waals surface area contributed by atoms with Crippen LogP contribution in [-0.2, 0) is 44.1 Å².